The van der Waals surface area contributed by atoms with Crippen LogP contribution in [0.2, 0.25) is 0 Å². The normalized spacial score (nSPS) is 12.8. The molecule has 3 atom stereocenters. The number of amides is 4. The molecule has 0 unspecified atom stereocenters. The third kappa shape index (κ3) is 28.2. The number of rotatable bonds is 40. The number of carbonyl (C=O) groups is 7. The molecule has 1 aromatic rings. The lowest BCUT2D eigenvalue weighted by atomic mass is 9.88. The van der Waals surface area contributed by atoms with Crippen LogP contribution in [0.15, 0.2) is 12.5 Å². The highest BCUT2D eigenvalue weighted by atomic mass is 16.5. The smallest absolute Gasteiger partial charge is 0.326 e. The summed E-state index contributed by atoms with van der Waals surface area (Å²) in [5.41, 5.74) is 5.30. The number of hydrogen-bond acceptors (Lipinski definition) is 11. The van der Waals surface area contributed by atoms with Crippen LogP contribution in [-0.2, 0) is 49.5 Å². The molecule has 0 aliphatic carbocycles. The molecule has 0 saturated heterocycles. The summed E-state index contributed by atoms with van der Waals surface area (Å²) in [7, 11) is 0. The zero-order valence-corrected chi connectivity index (χ0v) is 37.6. The van der Waals surface area contributed by atoms with Crippen molar-refractivity contribution in [3.05, 3.63) is 18.2 Å². The number of unbranched alkanes of at least 4 members (excludes halogenated alkanes) is 13. The fourth-order valence-corrected chi connectivity index (χ4v) is 6.62. The van der Waals surface area contributed by atoms with E-state index in [1.54, 1.807) is 6.20 Å². The lowest BCUT2D eigenvalue weighted by molar-refractivity contribution is -0.145. The van der Waals surface area contributed by atoms with Crippen LogP contribution in [0.5, 0.6) is 0 Å². The highest BCUT2D eigenvalue weighted by Gasteiger charge is 2.34. The molecule has 1 aromatic heterocycles. The maximum atomic E-state index is 13.0. The minimum Gasteiger partial charge on any atom is -0.481 e. The fourth-order valence-electron chi connectivity index (χ4n) is 6.62. The molecular weight excluding hydrogens is 803 g/mol. The first kappa shape index (κ1) is 55.6. The number of hydrogen-bond donors (Lipinski definition) is 8. The fraction of sp³-hybridized carbons (Fsp3) is 0.773. The van der Waals surface area contributed by atoms with E-state index in [2.05, 4.69) is 38.2 Å². The summed E-state index contributed by atoms with van der Waals surface area (Å²) in [4.78, 5) is 92.5. The number of nitrogens with zero attached hydrogens (tertiary/aromatic N) is 1. The van der Waals surface area contributed by atoms with Gasteiger partial charge in [0.15, 0.2) is 5.78 Å². The highest BCUT2D eigenvalue weighted by Crippen LogP contribution is 2.19. The molecule has 9 N–H and O–H groups in total. The zero-order chi connectivity index (χ0) is 46.0. The predicted molar refractivity (Wildman–Crippen MR) is 236 cm³/mol. The Labute approximate surface area is 369 Å². The van der Waals surface area contributed by atoms with Gasteiger partial charge in [0.25, 0.3) is 0 Å². The first-order valence-corrected chi connectivity index (χ1v) is 22.7. The van der Waals surface area contributed by atoms with Gasteiger partial charge in [-0.15, -0.1) is 0 Å². The predicted octanol–water partition coefficient (Wildman–Crippen LogP) is 4.35. The number of aromatic nitrogens is 2. The van der Waals surface area contributed by atoms with E-state index >= 15 is 0 Å². The summed E-state index contributed by atoms with van der Waals surface area (Å²) in [6, 6.07) is -2.07. The number of carboxylic acid groups (broad SMARTS) is 2. The third-order valence-electron chi connectivity index (χ3n) is 10.5. The van der Waals surface area contributed by atoms with Gasteiger partial charge in [0.05, 0.1) is 43.6 Å². The molecule has 356 valence electrons. The third-order valence-corrected chi connectivity index (χ3v) is 10.5. The maximum Gasteiger partial charge on any atom is 0.326 e. The van der Waals surface area contributed by atoms with E-state index in [-0.39, 0.29) is 97.2 Å². The first-order chi connectivity index (χ1) is 29.7. The average molecular weight is 882 g/mol. The van der Waals surface area contributed by atoms with E-state index < -0.39 is 47.2 Å². The van der Waals surface area contributed by atoms with Crippen molar-refractivity contribution < 1.29 is 54.7 Å². The Morgan fingerprint density at radius 1 is 0.742 bits per heavy atom. The number of aromatic amines is 1. The van der Waals surface area contributed by atoms with E-state index in [0.29, 0.717) is 25.0 Å². The summed E-state index contributed by atoms with van der Waals surface area (Å²) in [6.07, 6.45) is 19.7. The monoisotopic (exact) mass is 882 g/mol. The molecule has 0 spiro atoms. The Bertz CT molecular complexity index is 1450. The molecule has 0 radical (unpaired) electrons. The van der Waals surface area contributed by atoms with Gasteiger partial charge in [0.1, 0.15) is 12.6 Å². The number of H-pyrrole nitrogens is 1. The Kier molecular flexibility index (Phi) is 30.6. The van der Waals surface area contributed by atoms with Crippen LogP contribution < -0.4 is 27.0 Å². The number of ether oxygens (including phenoxy) is 2. The zero-order valence-electron chi connectivity index (χ0n) is 37.6. The summed E-state index contributed by atoms with van der Waals surface area (Å²) in [5.74, 6) is -5.30. The topological polar surface area (TPSA) is 281 Å². The van der Waals surface area contributed by atoms with Crippen LogP contribution in [0.4, 0.5) is 0 Å². The van der Waals surface area contributed by atoms with Gasteiger partial charge >= 0.3 is 11.9 Å². The molecule has 18 heteroatoms. The average Bonchev–Trinajstić information content (AvgIpc) is 3.74. The van der Waals surface area contributed by atoms with Crippen molar-refractivity contribution >= 4 is 41.4 Å². The van der Waals surface area contributed by atoms with Crippen molar-refractivity contribution in [1.82, 2.24) is 31.2 Å². The highest BCUT2D eigenvalue weighted by molar-refractivity contribution is 5.95. The second-order valence-electron chi connectivity index (χ2n) is 16.5. The van der Waals surface area contributed by atoms with Crippen molar-refractivity contribution in [3.8, 4) is 0 Å². The lowest BCUT2D eigenvalue weighted by Crippen LogP contribution is -2.55. The quantitative estimate of drug-likeness (QED) is 0.0427. The Morgan fingerprint density at radius 2 is 1.35 bits per heavy atom. The Hall–Kier alpha value is -4.42. The van der Waals surface area contributed by atoms with E-state index in [1.807, 2.05) is 0 Å². The van der Waals surface area contributed by atoms with Gasteiger partial charge in [-0.25, -0.2) is 9.78 Å². The van der Waals surface area contributed by atoms with Crippen LogP contribution in [0.25, 0.3) is 0 Å². The van der Waals surface area contributed by atoms with Gasteiger partial charge in [-0.05, 0) is 39.5 Å². The molecule has 4 amide bonds. The second-order valence-corrected chi connectivity index (χ2v) is 16.5. The summed E-state index contributed by atoms with van der Waals surface area (Å²) >= 11 is 0. The van der Waals surface area contributed by atoms with E-state index in [4.69, 9.17) is 15.2 Å². The van der Waals surface area contributed by atoms with Gasteiger partial charge in [-0.2, -0.15) is 0 Å². The molecule has 1 rings (SSSR count). The molecule has 0 fully saturated rings. The number of ketones is 1. The van der Waals surface area contributed by atoms with Crippen LogP contribution in [0, 0.1) is 5.92 Å². The number of aliphatic carboxylic acids is 2. The summed E-state index contributed by atoms with van der Waals surface area (Å²) < 4.78 is 10.7. The molecule has 0 aliphatic heterocycles. The standard InChI is InChI=1S/C44H77N7O11.H2/c1-4-5-6-7-8-9-10-11-12-13-14-15-16-20-39(54)50-36(43(59)60)21-22-38(53)48-24-25-61-26-27-62-31-40(55)47-23-18-17-19-33(42(57)58)28-37(52)44(2,3)51-41(56)35(45)29-34-30-46-32-49-34;/h30,32-33,35-36H,4-29,31,45H2,1-3H3,(H,46,49)(H,47,55)(H,48,53)(H,50,54)(H,51,56)(H,57,58)(H,59,60);1H/t33-,35+,36+;/m1./s1. The van der Waals surface area contributed by atoms with Crippen molar-refractivity contribution in [3.63, 3.8) is 0 Å². The number of Topliss-reactive ketones (excluding diaryl/α,β-unsaturated/α-hetero) is 1. The Morgan fingerprint density at radius 3 is 1.95 bits per heavy atom. The largest absolute Gasteiger partial charge is 0.481 e. The van der Waals surface area contributed by atoms with Crippen LogP contribution in [-0.4, -0.2) is 119 Å². The van der Waals surface area contributed by atoms with Crippen molar-refractivity contribution in [2.24, 2.45) is 11.7 Å². The molecule has 0 aliphatic rings. The van der Waals surface area contributed by atoms with Crippen molar-refractivity contribution in [1.29, 1.82) is 0 Å². The minimum absolute atomic E-state index is 0. The van der Waals surface area contributed by atoms with Crippen LogP contribution >= 0.6 is 0 Å². The van der Waals surface area contributed by atoms with Crippen LogP contribution in [0.1, 0.15) is 156 Å². The van der Waals surface area contributed by atoms with E-state index in [1.165, 1.54) is 78.0 Å². The minimum atomic E-state index is -1.33. The lowest BCUT2D eigenvalue weighted by Gasteiger charge is -2.27. The molecule has 0 bridgehead atoms. The molecule has 18 nitrogen and oxygen atoms in total. The number of imidazole rings is 1. The molecule has 0 saturated carbocycles. The van der Waals surface area contributed by atoms with E-state index in [0.717, 1.165) is 19.3 Å². The van der Waals surface area contributed by atoms with Crippen molar-refractivity contribution in [2.75, 3.05) is 39.5 Å². The van der Waals surface area contributed by atoms with E-state index in [9.17, 15) is 43.8 Å². The summed E-state index contributed by atoms with van der Waals surface area (Å²) in [6.45, 7) is 5.98. The number of nitrogens with one attached hydrogen (secondary N) is 5. The number of nitrogens with two attached hydrogens (primary N) is 1. The summed E-state index contributed by atoms with van der Waals surface area (Å²) in [5, 5.41) is 29.7. The van der Waals surface area contributed by atoms with Gasteiger partial charge in [0.2, 0.25) is 23.6 Å². The first-order valence-electron chi connectivity index (χ1n) is 22.7. The molecule has 0 aromatic carbocycles. The molecule has 1 heterocycles. The molecule has 62 heavy (non-hydrogen) atoms. The van der Waals surface area contributed by atoms with Gasteiger partial charge in [-0.1, -0.05) is 90.4 Å². The van der Waals surface area contributed by atoms with Gasteiger partial charge in [-0.3, -0.25) is 28.8 Å². The van der Waals surface area contributed by atoms with Crippen molar-refractivity contribution in [2.45, 2.75) is 173 Å². The molecular formula is C44H79N7O11. The second kappa shape index (κ2) is 34.1. The number of carbonyl (C=O) groups excluding carboxylic acids is 5. The van der Waals surface area contributed by atoms with Gasteiger partial charge < -0.3 is 51.7 Å². The SMILES string of the molecule is CCCCCCCCCCCCCCCC(=O)N[C@@H](CCC(=O)NCCOCCOCC(=O)NCCCC[C@H](CC(=O)C(C)(C)NC(=O)[C@@H](N)Cc1cnc[nH]1)C(=O)O)C(=O)O.[HH]. The van der Waals surface area contributed by atoms with Crippen LogP contribution in [0.3, 0.4) is 0 Å². The Balaban J connectivity index is 0.0000384. The number of carboxylic acids is 2. The van der Waals surface area contributed by atoms with Gasteiger partial charge in [0, 0.05) is 52.1 Å². The maximum absolute atomic E-state index is 13.0.